The minimum atomic E-state index is -0.0790. The Morgan fingerprint density at radius 1 is 0.970 bits per heavy atom. The lowest BCUT2D eigenvalue weighted by Crippen LogP contribution is -2.34. The van der Waals surface area contributed by atoms with Gasteiger partial charge in [0.1, 0.15) is 12.4 Å². The molecule has 5 rings (SSSR count). The van der Waals surface area contributed by atoms with Gasteiger partial charge in [0, 0.05) is 36.8 Å². The molecule has 1 aromatic heterocycles. The molecule has 1 atom stereocenters. The van der Waals surface area contributed by atoms with Crippen molar-refractivity contribution in [3.63, 3.8) is 0 Å². The van der Waals surface area contributed by atoms with E-state index in [1.54, 1.807) is 4.90 Å². The first-order valence-electron chi connectivity index (χ1n) is 11.3. The van der Waals surface area contributed by atoms with Crippen molar-refractivity contribution in [3.8, 4) is 0 Å². The topological polar surface area (TPSA) is 58.4 Å². The van der Waals surface area contributed by atoms with E-state index in [1.165, 1.54) is 0 Å². The molecule has 166 valence electrons. The molecule has 1 aliphatic heterocycles. The highest BCUT2D eigenvalue weighted by Crippen LogP contribution is 2.33. The molecule has 3 aromatic carbocycles. The SMILES string of the molecule is CCN(C(=O)Cn1c(C2CC(=O)N(c3ccccc3)C2)nc2ccccc21)c1ccccc1. The number of likely N-dealkylation sites (N-methyl/N-ethyl adjacent to an activating group) is 1. The third kappa shape index (κ3) is 4.00. The maximum absolute atomic E-state index is 13.4. The van der Waals surface area contributed by atoms with Crippen LogP contribution in [0, 0.1) is 0 Å². The highest BCUT2D eigenvalue weighted by Gasteiger charge is 2.35. The lowest BCUT2D eigenvalue weighted by molar-refractivity contribution is -0.119. The molecule has 0 spiro atoms. The van der Waals surface area contributed by atoms with E-state index in [0.29, 0.717) is 19.5 Å². The van der Waals surface area contributed by atoms with E-state index in [4.69, 9.17) is 4.98 Å². The van der Waals surface area contributed by atoms with Crippen molar-refractivity contribution in [1.82, 2.24) is 9.55 Å². The van der Waals surface area contributed by atoms with Crippen molar-refractivity contribution in [1.29, 1.82) is 0 Å². The molecule has 0 N–H and O–H groups in total. The molecule has 6 heteroatoms. The zero-order valence-electron chi connectivity index (χ0n) is 18.6. The molecule has 2 amide bonds. The van der Waals surface area contributed by atoms with Crippen LogP contribution in [0.5, 0.6) is 0 Å². The number of imidazole rings is 1. The standard InChI is InChI=1S/C27H26N4O2/c1-2-29(21-11-5-3-6-12-21)26(33)19-31-24-16-10-9-15-23(24)28-27(31)20-17-25(32)30(18-20)22-13-7-4-8-14-22/h3-16,20H,2,17-19H2,1H3. The van der Waals surface area contributed by atoms with E-state index in [9.17, 15) is 9.59 Å². The Labute approximate surface area is 193 Å². The van der Waals surface area contributed by atoms with Gasteiger partial charge < -0.3 is 14.4 Å². The van der Waals surface area contributed by atoms with Gasteiger partial charge in [0.05, 0.1) is 11.0 Å². The van der Waals surface area contributed by atoms with Gasteiger partial charge in [0.25, 0.3) is 0 Å². The summed E-state index contributed by atoms with van der Waals surface area (Å²) < 4.78 is 2.00. The molecule has 1 unspecified atom stereocenters. The number of rotatable bonds is 6. The molecule has 4 aromatic rings. The molecule has 1 aliphatic rings. The fraction of sp³-hybridized carbons (Fsp3) is 0.222. The van der Waals surface area contributed by atoms with Gasteiger partial charge >= 0.3 is 0 Å². The molecule has 1 saturated heterocycles. The lowest BCUT2D eigenvalue weighted by Gasteiger charge is -2.23. The average molecular weight is 439 g/mol. The number of nitrogens with zero attached hydrogens (tertiary/aromatic N) is 4. The fourth-order valence-corrected chi connectivity index (χ4v) is 4.64. The Balaban J connectivity index is 1.48. The Morgan fingerprint density at radius 2 is 1.64 bits per heavy atom. The Hall–Kier alpha value is -3.93. The van der Waals surface area contributed by atoms with Crippen molar-refractivity contribution in [2.24, 2.45) is 0 Å². The summed E-state index contributed by atoms with van der Waals surface area (Å²) in [6.07, 6.45) is 0.378. The summed E-state index contributed by atoms with van der Waals surface area (Å²) in [6, 6.07) is 27.3. The Morgan fingerprint density at radius 3 is 2.36 bits per heavy atom. The fourth-order valence-electron chi connectivity index (χ4n) is 4.64. The van der Waals surface area contributed by atoms with Crippen molar-refractivity contribution in [2.45, 2.75) is 25.8 Å². The van der Waals surface area contributed by atoms with Crippen LogP contribution in [0.4, 0.5) is 11.4 Å². The minimum Gasteiger partial charge on any atom is -0.318 e. The summed E-state index contributed by atoms with van der Waals surface area (Å²) in [5.74, 6) is 0.790. The minimum absolute atomic E-state index is 0.00246. The molecule has 0 bridgehead atoms. The molecule has 6 nitrogen and oxygen atoms in total. The molecule has 0 aliphatic carbocycles. The second kappa shape index (κ2) is 8.90. The van der Waals surface area contributed by atoms with Gasteiger partial charge in [0.2, 0.25) is 11.8 Å². The summed E-state index contributed by atoms with van der Waals surface area (Å²) in [5, 5.41) is 0. The van der Waals surface area contributed by atoms with Crippen LogP contribution >= 0.6 is 0 Å². The first-order valence-corrected chi connectivity index (χ1v) is 11.3. The first kappa shape index (κ1) is 20.9. The van der Waals surface area contributed by atoms with Gasteiger partial charge in [-0.15, -0.1) is 0 Å². The Kier molecular flexibility index (Phi) is 5.65. The zero-order valence-corrected chi connectivity index (χ0v) is 18.6. The van der Waals surface area contributed by atoms with E-state index in [1.807, 2.05) is 101 Å². The van der Waals surface area contributed by atoms with Crippen LogP contribution in [0.25, 0.3) is 11.0 Å². The summed E-state index contributed by atoms with van der Waals surface area (Å²) in [7, 11) is 0. The second-order valence-electron chi connectivity index (χ2n) is 8.26. The lowest BCUT2D eigenvalue weighted by atomic mass is 10.1. The summed E-state index contributed by atoms with van der Waals surface area (Å²) in [5.41, 5.74) is 3.52. The smallest absolute Gasteiger partial charge is 0.246 e. The van der Waals surface area contributed by atoms with Gasteiger partial charge in [-0.2, -0.15) is 0 Å². The first-order chi connectivity index (χ1) is 16.2. The highest BCUT2D eigenvalue weighted by atomic mass is 16.2. The van der Waals surface area contributed by atoms with Crippen molar-refractivity contribution < 1.29 is 9.59 Å². The third-order valence-electron chi connectivity index (χ3n) is 6.22. The molecular formula is C27H26N4O2. The summed E-state index contributed by atoms with van der Waals surface area (Å²) in [4.78, 5) is 34.7. The number of hydrogen-bond acceptors (Lipinski definition) is 3. The van der Waals surface area contributed by atoms with Crippen LogP contribution in [-0.2, 0) is 16.1 Å². The molecule has 0 radical (unpaired) electrons. The number of para-hydroxylation sites is 4. The van der Waals surface area contributed by atoms with Crippen molar-refractivity contribution >= 4 is 34.2 Å². The van der Waals surface area contributed by atoms with Crippen LogP contribution in [0.15, 0.2) is 84.9 Å². The number of benzene rings is 3. The normalized spacial score (nSPS) is 15.8. The Bertz CT molecular complexity index is 1280. The van der Waals surface area contributed by atoms with Crippen molar-refractivity contribution in [2.75, 3.05) is 22.9 Å². The van der Waals surface area contributed by atoms with E-state index in [2.05, 4.69) is 0 Å². The monoisotopic (exact) mass is 438 g/mol. The van der Waals surface area contributed by atoms with Crippen LogP contribution in [0.3, 0.4) is 0 Å². The van der Waals surface area contributed by atoms with Gasteiger partial charge in [-0.1, -0.05) is 48.5 Å². The van der Waals surface area contributed by atoms with Gasteiger partial charge in [-0.25, -0.2) is 4.98 Å². The van der Waals surface area contributed by atoms with E-state index in [0.717, 1.165) is 28.2 Å². The van der Waals surface area contributed by atoms with Gasteiger partial charge in [-0.3, -0.25) is 9.59 Å². The zero-order chi connectivity index (χ0) is 22.8. The van der Waals surface area contributed by atoms with E-state index >= 15 is 0 Å². The number of carbonyl (C=O) groups is 2. The van der Waals surface area contributed by atoms with Gasteiger partial charge in [-0.05, 0) is 43.3 Å². The number of anilines is 2. The predicted molar refractivity (Wildman–Crippen MR) is 130 cm³/mol. The summed E-state index contributed by atoms with van der Waals surface area (Å²) >= 11 is 0. The summed E-state index contributed by atoms with van der Waals surface area (Å²) in [6.45, 7) is 3.28. The molecule has 0 saturated carbocycles. The molecule has 1 fully saturated rings. The third-order valence-corrected chi connectivity index (χ3v) is 6.22. The van der Waals surface area contributed by atoms with Gasteiger partial charge in [0.15, 0.2) is 0 Å². The second-order valence-corrected chi connectivity index (χ2v) is 8.26. The number of hydrogen-bond donors (Lipinski definition) is 0. The predicted octanol–water partition coefficient (Wildman–Crippen LogP) is 4.61. The number of carbonyl (C=O) groups excluding carboxylic acids is 2. The number of fused-ring (bicyclic) bond motifs is 1. The largest absolute Gasteiger partial charge is 0.318 e. The van der Waals surface area contributed by atoms with E-state index < -0.39 is 0 Å². The van der Waals surface area contributed by atoms with Crippen LogP contribution in [0.1, 0.15) is 25.1 Å². The number of amides is 2. The quantitative estimate of drug-likeness (QED) is 0.442. The molecule has 2 heterocycles. The maximum Gasteiger partial charge on any atom is 0.246 e. The highest BCUT2D eigenvalue weighted by molar-refractivity contribution is 5.97. The van der Waals surface area contributed by atoms with Crippen molar-refractivity contribution in [3.05, 3.63) is 90.8 Å². The maximum atomic E-state index is 13.4. The molecule has 33 heavy (non-hydrogen) atoms. The number of aromatic nitrogens is 2. The molecular weight excluding hydrogens is 412 g/mol. The van der Waals surface area contributed by atoms with E-state index in [-0.39, 0.29) is 24.3 Å². The van der Waals surface area contributed by atoms with Crippen LogP contribution in [0.2, 0.25) is 0 Å². The van der Waals surface area contributed by atoms with Crippen LogP contribution in [-0.4, -0.2) is 34.5 Å². The van der Waals surface area contributed by atoms with Crippen LogP contribution < -0.4 is 9.80 Å². The average Bonchev–Trinajstić information content (AvgIpc) is 3.41.